The summed E-state index contributed by atoms with van der Waals surface area (Å²) >= 11 is 0. The summed E-state index contributed by atoms with van der Waals surface area (Å²) in [5, 5.41) is 18.8. The third-order valence-electron chi connectivity index (χ3n) is 4.60. The Morgan fingerprint density at radius 1 is 1.29 bits per heavy atom. The van der Waals surface area contributed by atoms with Crippen molar-refractivity contribution in [2.24, 2.45) is 0 Å². The molecule has 1 aliphatic rings. The molecule has 0 aliphatic carbocycles. The Hall–Kier alpha value is -1.77. The first-order valence-corrected chi connectivity index (χ1v) is 8.43. The fraction of sp³-hybridized carbons (Fsp3) is 0.688. The Balaban J connectivity index is 2.01. The van der Waals surface area contributed by atoms with E-state index in [1.807, 2.05) is 4.57 Å². The molecule has 3 heterocycles. The Labute approximate surface area is 141 Å². The SMILES string of the molecule is C[C@@H]1CN(c2ncnc3c2ncn3C(CO)CCO)[C@H](C)CCO1. The van der Waals surface area contributed by atoms with E-state index in [1.54, 1.807) is 6.33 Å². The molecule has 132 valence electrons. The molecule has 8 nitrogen and oxygen atoms in total. The van der Waals surface area contributed by atoms with Crippen LogP contribution in [-0.2, 0) is 4.74 Å². The van der Waals surface area contributed by atoms with Crippen LogP contribution in [0.25, 0.3) is 11.2 Å². The van der Waals surface area contributed by atoms with Gasteiger partial charge in [-0.25, -0.2) is 15.0 Å². The second-order valence-corrected chi connectivity index (χ2v) is 6.34. The van der Waals surface area contributed by atoms with Crippen molar-refractivity contribution in [3.05, 3.63) is 12.7 Å². The maximum Gasteiger partial charge on any atom is 0.165 e. The molecular formula is C16H25N5O3. The van der Waals surface area contributed by atoms with Gasteiger partial charge in [0.05, 0.1) is 25.1 Å². The van der Waals surface area contributed by atoms with Crippen molar-refractivity contribution in [1.82, 2.24) is 19.5 Å². The smallest absolute Gasteiger partial charge is 0.165 e. The summed E-state index contributed by atoms with van der Waals surface area (Å²) in [5.41, 5.74) is 1.40. The summed E-state index contributed by atoms with van der Waals surface area (Å²) in [4.78, 5) is 15.5. The number of imidazole rings is 1. The maximum atomic E-state index is 9.59. The minimum absolute atomic E-state index is 0.000847. The van der Waals surface area contributed by atoms with E-state index >= 15 is 0 Å². The topological polar surface area (TPSA) is 96.5 Å². The van der Waals surface area contributed by atoms with Crippen LogP contribution in [0.1, 0.15) is 32.7 Å². The summed E-state index contributed by atoms with van der Waals surface area (Å²) in [5.74, 6) is 0.796. The third kappa shape index (κ3) is 3.22. The predicted molar refractivity (Wildman–Crippen MR) is 90.0 cm³/mol. The van der Waals surface area contributed by atoms with Crippen molar-refractivity contribution >= 4 is 17.0 Å². The molecule has 1 aliphatic heterocycles. The van der Waals surface area contributed by atoms with Gasteiger partial charge in [0.2, 0.25) is 0 Å². The van der Waals surface area contributed by atoms with Crippen LogP contribution in [0.5, 0.6) is 0 Å². The summed E-state index contributed by atoms with van der Waals surface area (Å²) in [6.07, 6.45) is 4.71. The molecule has 1 saturated heterocycles. The number of aliphatic hydroxyl groups is 2. The average Bonchev–Trinajstić information content (AvgIpc) is 2.93. The lowest BCUT2D eigenvalue weighted by atomic mass is 10.2. The van der Waals surface area contributed by atoms with Crippen molar-refractivity contribution < 1.29 is 14.9 Å². The van der Waals surface area contributed by atoms with E-state index in [-0.39, 0.29) is 25.4 Å². The van der Waals surface area contributed by atoms with Gasteiger partial charge in [-0.05, 0) is 26.7 Å². The monoisotopic (exact) mass is 335 g/mol. The molecule has 0 radical (unpaired) electrons. The molecule has 2 aromatic rings. The van der Waals surface area contributed by atoms with Gasteiger partial charge in [0, 0.05) is 25.8 Å². The number of rotatable bonds is 5. The minimum Gasteiger partial charge on any atom is -0.396 e. The molecule has 1 unspecified atom stereocenters. The molecular weight excluding hydrogens is 310 g/mol. The largest absolute Gasteiger partial charge is 0.396 e. The van der Waals surface area contributed by atoms with E-state index in [4.69, 9.17) is 4.74 Å². The number of aliphatic hydroxyl groups excluding tert-OH is 2. The van der Waals surface area contributed by atoms with Crippen LogP contribution in [0.2, 0.25) is 0 Å². The molecule has 2 N–H and O–H groups in total. The van der Waals surface area contributed by atoms with Crippen molar-refractivity contribution in [3.8, 4) is 0 Å². The summed E-state index contributed by atoms with van der Waals surface area (Å²) < 4.78 is 7.58. The van der Waals surface area contributed by atoms with Crippen molar-refractivity contribution in [2.45, 2.75) is 44.9 Å². The number of hydrogen-bond acceptors (Lipinski definition) is 7. The summed E-state index contributed by atoms with van der Waals surface area (Å²) in [7, 11) is 0. The number of nitrogens with zero attached hydrogens (tertiary/aromatic N) is 5. The van der Waals surface area contributed by atoms with Crippen molar-refractivity contribution in [1.29, 1.82) is 0 Å². The highest BCUT2D eigenvalue weighted by atomic mass is 16.5. The van der Waals surface area contributed by atoms with Crippen LogP contribution in [-0.4, -0.2) is 68.2 Å². The van der Waals surface area contributed by atoms with E-state index in [0.29, 0.717) is 18.1 Å². The summed E-state index contributed by atoms with van der Waals surface area (Å²) in [6, 6.07) is 0.0517. The molecule has 0 amide bonds. The predicted octanol–water partition coefficient (Wildman–Crippen LogP) is 0.746. The molecule has 1 fully saturated rings. The number of ether oxygens (including phenoxy) is 1. The highest BCUT2D eigenvalue weighted by Crippen LogP contribution is 2.28. The van der Waals surface area contributed by atoms with Gasteiger partial charge >= 0.3 is 0 Å². The molecule has 2 aromatic heterocycles. The quantitative estimate of drug-likeness (QED) is 0.832. The van der Waals surface area contributed by atoms with Crippen LogP contribution in [0.4, 0.5) is 5.82 Å². The first-order chi connectivity index (χ1) is 11.7. The van der Waals surface area contributed by atoms with Gasteiger partial charge in [-0.15, -0.1) is 0 Å². The van der Waals surface area contributed by atoms with Crippen LogP contribution >= 0.6 is 0 Å². The fourth-order valence-corrected chi connectivity index (χ4v) is 3.18. The van der Waals surface area contributed by atoms with Crippen LogP contribution in [0, 0.1) is 0 Å². The standard InChI is InChI=1S/C16H25N5O3/c1-11-4-6-24-12(2)7-20(11)15-14-16(18-9-17-15)21(10-19-14)13(8-23)3-5-22/h9-13,22-23H,3-8H2,1-2H3/t11-,12-,13?/m1/s1. The van der Waals surface area contributed by atoms with Crippen LogP contribution in [0.15, 0.2) is 12.7 Å². The van der Waals surface area contributed by atoms with E-state index in [9.17, 15) is 10.2 Å². The maximum absolute atomic E-state index is 9.59. The Kier molecular flexibility index (Phi) is 5.27. The molecule has 24 heavy (non-hydrogen) atoms. The van der Waals surface area contributed by atoms with Gasteiger partial charge in [0.25, 0.3) is 0 Å². The Morgan fingerprint density at radius 3 is 2.88 bits per heavy atom. The fourth-order valence-electron chi connectivity index (χ4n) is 3.18. The van der Waals surface area contributed by atoms with Gasteiger partial charge in [-0.3, -0.25) is 0 Å². The van der Waals surface area contributed by atoms with E-state index in [1.165, 1.54) is 6.33 Å². The molecule has 0 bridgehead atoms. The zero-order valence-corrected chi connectivity index (χ0v) is 14.2. The highest BCUT2D eigenvalue weighted by Gasteiger charge is 2.26. The van der Waals surface area contributed by atoms with Gasteiger partial charge in [0.1, 0.15) is 6.33 Å². The number of aromatic nitrogens is 4. The molecule has 0 spiro atoms. The minimum atomic E-state index is -0.244. The van der Waals surface area contributed by atoms with Gasteiger partial charge < -0.3 is 24.4 Å². The summed E-state index contributed by atoms with van der Waals surface area (Å²) in [6.45, 7) is 5.64. The zero-order chi connectivity index (χ0) is 17.1. The molecule has 0 saturated carbocycles. The van der Waals surface area contributed by atoms with Crippen molar-refractivity contribution in [3.63, 3.8) is 0 Å². The first kappa shape index (κ1) is 17.1. The van der Waals surface area contributed by atoms with E-state index in [0.717, 1.165) is 30.9 Å². The van der Waals surface area contributed by atoms with Gasteiger partial charge in [-0.2, -0.15) is 0 Å². The van der Waals surface area contributed by atoms with Crippen LogP contribution in [0.3, 0.4) is 0 Å². The number of anilines is 1. The normalized spacial score (nSPS) is 23.4. The number of hydrogen-bond donors (Lipinski definition) is 2. The number of fused-ring (bicyclic) bond motifs is 1. The van der Waals surface area contributed by atoms with E-state index in [2.05, 4.69) is 33.7 Å². The molecule has 3 atom stereocenters. The van der Waals surface area contributed by atoms with Crippen LogP contribution < -0.4 is 4.90 Å². The lowest BCUT2D eigenvalue weighted by molar-refractivity contribution is 0.0812. The van der Waals surface area contributed by atoms with Crippen molar-refractivity contribution in [2.75, 3.05) is 31.3 Å². The Morgan fingerprint density at radius 2 is 2.12 bits per heavy atom. The highest BCUT2D eigenvalue weighted by molar-refractivity contribution is 5.83. The lowest BCUT2D eigenvalue weighted by Gasteiger charge is -2.29. The lowest BCUT2D eigenvalue weighted by Crippen LogP contribution is -2.37. The van der Waals surface area contributed by atoms with E-state index < -0.39 is 0 Å². The van der Waals surface area contributed by atoms with Gasteiger partial charge in [-0.1, -0.05) is 0 Å². The second-order valence-electron chi connectivity index (χ2n) is 6.34. The zero-order valence-electron chi connectivity index (χ0n) is 14.2. The third-order valence-corrected chi connectivity index (χ3v) is 4.60. The average molecular weight is 335 g/mol. The Bertz CT molecular complexity index is 677. The second kappa shape index (κ2) is 7.42. The molecule has 0 aromatic carbocycles. The van der Waals surface area contributed by atoms with Gasteiger partial charge in [0.15, 0.2) is 17.0 Å². The molecule has 8 heteroatoms. The first-order valence-electron chi connectivity index (χ1n) is 8.43. The molecule has 3 rings (SSSR count).